The highest BCUT2D eigenvalue weighted by Crippen LogP contribution is 2.23. The van der Waals surface area contributed by atoms with Gasteiger partial charge in [0.1, 0.15) is 6.10 Å². The minimum atomic E-state index is -0.258. The quantitative estimate of drug-likeness (QED) is 0.870. The van der Waals surface area contributed by atoms with Crippen LogP contribution in [-0.2, 0) is 16.0 Å². The van der Waals surface area contributed by atoms with Crippen LogP contribution in [0.5, 0.6) is 0 Å². The van der Waals surface area contributed by atoms with Crippen LogP contribution < -0.4 is 5.73 Å². The number of rotatable bonds is 5. The van der Waals surface area contributed by atoms with Crippen LogP contribution in [0.2, 0.25) is 0 Å². The first-order valence-corrected chi connectivity index (χ1v) is 8.88. The van der Waals surface area contributed by atoms with Crippen molar-refractivity contribution in [2.45, 2.75) is 45.6 Å². The van der Waals surface area contributed by atoms with Gasteiger partial charge >= 0.3 is 0 Å². The number of aryl methyl sites for hydroxylation is 2. The van der Waals surface area contributed by atoms with E-state index < -0.39 is 0 Å². The van der Waals surface area contributed by atoms with E-state index in [1.807, 2.05) is 26.8 Å². The Morgan fingerprint density at radius 3 is 2.88 bits per heavy atom. The fourth-order valence-corrected chi connectivity index (χ4v) is 2.91. The second-order valence-electron chi connectivity index (χ2n) is 6.85. The average Bonchev–Trinajstić information content (AvgIpc) is 3.08. The summed E-state index contributed by atoms with van der Waals surface area (Å²) in [7, 11) is 0. The van der Waals surface area contributed by atoms with Crippen molar-refractivity contribution < 1.29 is 13.9 Å². The Bertz CT molecular complexity index is 754. The van der Waals surface area contributed by atoms with E-state index in [0.29, 0.717) is 50.0 Å². The third-order valence-corrected chi connectivity index (χ3v) is 4.27. The normalized spacial score (nSPS) is 17.7. The zero-order chi connectivity index (χ0) is 18.7. The average molecular weight is 359 g/mol. The highest BCUT2D eigenvalue weighted by molar-refractivity contribution is 5.76. The Labute approximate surface area is 152 Å². The molecule has 1 aliphatic heterocycles. The Morgan fingerprint density at radius 2 is 2.19 bits per heavy atom. The second-order valence-corrected chi connectivity index (χ2v) is 6.85. The smallest absolute Gasteiger partial charge is 0.223 e. The number of anilines is 1. The monoisotopic (exact) mass is 359 g/mol. The number of carbonyl (C=O) groups is 1. The van der Waals surface area contributed by atoms with Gasteiger partial charge in [-0.3, -0.25) is 9.78 Å². The van der Waals surface area contributed by atoms with Crippen LogP contribution in [0, 0.1) is 6.92 Å². The summed E-state index contributed by atoms with van der Waals surface area (Å²) >= 11 is 0. The number of nitrogens with two attached hydrogens (primary N) is 1. The van der Waals surface area contributed by atoms with Gasteiger partial charge in [-0.25, -0.2) is 0 Å². The van der Waals surface area contributed by atoms with E-state index in [0.717, 1.165) is 11.4 Å². The maximum absolute atomic E-state index is 12.6. The fraction of sp³-hybridized carbons (Fsp3) is 0.556. The maximum Gasteiger partial charge on any atom is 0.223 e. The first-order valence-electron chi connectivity index (χ1n) is 8.88. The number of amides is 1. The molecule has 3 rings (SSSR count). The number of nitrogens with zero attached hydrogens (tertiary/aromatic N) is 4. The molecule has 26 heavy (non-hydrogen) atoms. The molecule has 0 radical (unpaired) electrons. The predicted molar refractivity (Wildman–Crippen MR) is 95.4 cm³/mol. The van der Waals surface area contributed by atoms with E-state index in [1.165, 1.54) is 0 Å². The molecule has 2 N–H and O–H groups in total. The van der Waals surface area contributed by atoms with Gasteiger partial charge in [-0.2, -0.15) is 0 Å². The lowest BCUT2D eigenvalue weighted by Crippen LogP contribution is -2.42. The van der Waals surface area contributed by atoms with Crippen LogP contribution in [0.15, 0.2) is 16.5 Å². The minimum Gasteiger partial charge on any atom is -0.425 e. The summed E-state index contributed by atoms with van der Waals surface area (Å²) in [5.41, 5.74) is 8.15. The lowest BCUT2D eigenvalue weighted by atomic mass is 10.1. The van der Waals surface area contributed by atoms with E-state index in [1.54, 1.807) is 11.0 Å². The molecule has 140 valence electrons. The minimum absolute atomic E-state index is 0.0446. The van der Waals surface area contributed by atoms with E-state index in [-0.39, 0.29) is 17.9 Å². The van der Waals surface area contributed by atoms with Crippen molar-refractivity contribution >= 4 is 11.6 Å². The van der Waals surface area contributed by atoms with Gasteiger partial charge in [-0.1, -0.05) is 13.8 Å². The zero-order valence-corrected chi connectivity index (χ0v) is 15.4. The maximum atomic E-state index is 12.6. The van der Waals surface area contributed by atoms with E-state index in [2.05, 4.69) is 15.2 Å². The molecule has 0 bridgehead atoms. The second kappa shape index (κ2) is 7.82. The van der Waals surface area contributed by atoms with Crippen molar-refractivity contribution in [1.29, 1.82) is 0 Å². The van der Waals surface area contributed by atoms with Crippen molar-refractivity contribution in [2.24, 2.45) is 0 Å². The number of nitrogen functional groups attached to an aromatic ring is 1. The van der Waals surface area contributed by atoms with Crippen molar-refractivity contribution in [3.8, 4) is 0 Å². The molecule has 0 aliphatic carbocycles. The van der Waals surface area contributed by atoms with Crippen molar-refractivity contribution in [3.05, 3.63) is 35.3 Å². The summed E-state index contributed by atoms with van der Waals surface area (Å²) in [5, 5.41) is 7.99. The topological polar surface area (TPSA) is 107 Å². The third-order valence-electron chi connectivity index (χ3n) is 4.27. The van der Waals surface area contributed by atoms with Crippen LogP contribution in [0.1, 0.15) is 55.5 Å². The van der Waals surface area contributed by atoms with Gasteiger partial charge < -0.3 is 19.8 Å². The zero-order valence-electron chi connectivity index (χ0n) is 15.4. The Balaban J connectivity index is 1.58. The van der Waals surface area contributed by atoms with Crippen molar-refractivity contribution in [1.82, 2.24) is 20.1 Å². The molecule has 1 atom stereocenters. The largest absolute Gasteiger partial charge is 0.425 e. The molecule has 3 heterocycles. The van der Waals surface area contributed by atoms with Gasteiger partial charge in [0.15, 0.2) is 0 Å². The molecule has 8 nitrogen and oxygen atoms in total. The predicted octanol–water partition coefficient (Wildman–Crippen LogP) is 2.01. The molecule has 0 aromatic carbocycles. The summed E-state index contributed by atoms with van der Waals surface area (Å²) in [5.74, 6) is 1.33. The molecule has 1 fully saturated rings. The van der Waals surface area contributed by atoms with Crippen LogP contribution in [0.25, 0.3) is 0 Å². The Hall–Kier alpha value is -2.48. The first kappa shape index (κ1) is 18.3. The molecular weight excluding hydrogens is 334 g/mol. The Morgan fingerprint density at radius 1 is 1.38 bits per heavy atom. The van der Waals surface area contributed by atoms with Crippen LogP contribution >= 0.6 is 0 Å². The summed E-state index contributed by atoms with van der Waals surface area (Å²) < 4.78 is 11.4. The fourth-order valence-electron chi connectivity index (χ4n) is 2.91. The standard InChI is InChI=1S/C18H25N5O3/c1-11(2)18-22-21-16(26-18)4-5-17(24)23-6-7-25-15(10-23)14-9-13(19)8-12(3)20-14/h8-9,11,15H,4-7,10H2,1-3H3,(H2,19,20)/t15-/m1/s1. The number of carbonyl (C=O) groups excluding carboxylic acids is 1. The van der Waals surface area contributed by atoms with Gasteiger partial charge in [-0.15, -0.1) is 10.2 Å². The number of morpholine rings is 1. The highest BCUT2D eigenvalue weighted by Gasteiger charge is 2.26. The van der Waals surface area contributed by atoms with Crippen LogP contribution in [0.4, 0.5) is 5.69 Å². The van der Waals surface area contributed by atoms with Crippen molar-refractivity contribution in [3.63, 3.8) is 0 Å². The van der Waals surface area contributed by atoms with E-state index in [4.69, 9.17) is 14.9 Å². The number of hydrogen-bond donors (Lipinski definition) is 1. The molecule has 0 saturated carbocycles. The molecule has 8 heteroatoms. The molecule has 1 saturated heterocycles. The molecule has 1 aliphatic rings. The lowest BCUT2D eigenvalue weighted by Gasteiger charge is -2.33. The highest BCUT2D eigenvalue weighted by atomic mass is 16.5. The Kier molecular flexibility index (Phi) is 5.51. The summed E-state index contributed by atoms with van der Waals surface area (Å²) in [4.78, 5) is 18.8. The lowest BCUT2D eigenvalue weighted by molar-refractivity contribution is -0.139. The number of aromatic nitrogens is 3. The SMILES string of the molecule is Cc1cc(N)cc([C@H]2CN(C(=O)CCc3nnc(C(C)C)o3)CCO2)n1. The molecule has 1 amide bonds. The van der Waals surface area contributed by atoms with Crippen LogP contribution in [-0.4, -0.2) is 45.7 Å². The summed E-state index contributed by atoms with van der Waals surface area (Å²) in [6.07, 6.45) is 0.511. The number of ether oxygens (including phenoxy) is 1. The molecular formula is C18H25N5O3. The third kappa shape index (κ3) is 4.37. The summed E-state index contributed by atoms with van der Waals surface area (Å²) in [6, 6.07) is 3.61. The van der Waals surface area contributed by atoms with E-state index in [9.17, 15) is 4.79 Å². The summed E-state index contributed by atoms with van der Waals surface area (Å²) in [6.45, 7) is 7.38. The van der Waals surface area contributed by atoms with Crippen molar-refractivity contribution in [2.75, 3.05) is 25.4 Å². The number of pyridine rings is 1. The number of hydrogen-bond acceptors (Lipinski definition) is 7. The molecule has 0 unspecified atom stereocenters. The molecule has 0 spiro atoms. The van der Waals surface area contributed by atoms with Gasteiger partial charge in [0.05, 0.1) is 18.8 Å². The first-order chi connectivity index (χ1) is 12.4. The molecule has 2 aromatic rings. The van der Waals surface area contributed by atoms with Gasteiger partial charge in [0.25, 0.3) is 0 Å². The van der Waals surface area contributed by atoms with Gasteiger partial charge in [0, 0.05) is 36.7 Å². The molecule has 2 aromatic heterocycles. The van der Waals surface area contributed by atoms with Gasteiger partial charge in [-0.05, 0) is 19.1 Å². The van der Waals surface area contributed by atoms with Gasteiger partial charge in [0.2, 0.25) is 17.7 Å². The van der Waals surface area contributed by atoms with E-state index >= 15 is 0 Å². The van der Waals surface area contributed by atoms with Crippen LogP contribution in [0.3, 0.4) is 0 Å².